The predicted octanol–water partition coefficient (Wildman–Crippen LogP) is 3.00. The van der Waals surface area contributed by atoms with E-state index in [1.54, 1.807) is 0 Å². The van der Waals surface area contributed by atoms with Crippen LogP contribution in [0.5, 0.6) is 11.5 Å². The standard InChI is InChI=1S/C9H5F5O3/c10-8(11)16-6-1-5(4-15)2-7(3-6)17-9(12,13)14/h1-4,8H. The molecule has 0 amide bonds. The minimum atomic E-state index is -4.98. The van der Waals surface area contributed by atoms with Gasteiger partial charge in [-0.25, -0.2) is 0 Å². The van der Waals surface area contributed by atoms with E-state index in [0.717, 1.165) is 12.1 Å². The van der Waals surface area contributed by atoms with E-state index in [1.165, 1.54) is 0 Å². The summed E-state index contributed by atoms with van der Waals surface area (Å²) in [5.74, 6) is -1.40. The lowest BCUT2D eigenvalue weighted by atomic mass is 10.2. The molecule has 0 spiro atoms. The molecule has 1 aromatic rings. The number of aldehydes is 1. The molecule has 1 rings (SSSR count). The van der Waals surface area contributed by atoms with E-state index in [4.69, 9.17) is 0 Å². The Morgan fingerprint density at radius 3 is 2.18 bits per heavy atom. The minimum Gasteiger partial charge on any atom is -0.435 e. The van der Waals surface area contributed by atoms with E-state index in [2.05, 4.69) is 9.47 Å². The van der Waals surface area contributed by atoms with E-state index < -0.39 is 24.5 Å². The minimum absolute atomic E-state index is 0.182. The van der Waals surface area contributed by atoms with Gasteiger partial charge in [-0.05, 0) is 12.1 Å². The van der Waals surface area contributed by atoms with E-state index in [1.807, 2.05) is 0 Å². The van der Waals surface area contributed by atoms with Crippen LogP contribution in [0.15, 0.2) is 18.2 Å². The van der Waals surface area contributed by atoms with Crippen LogP contribution >= 0.6 is 0 Å². The van der Waals surface area contributed by atoms with Crippen molar-refractivity contribution in [2.45, 2.75) is 13.0 Å². The molecule has 0 aliphatic rings. The number of ether oxygens (including phenoxy) is 2. The molecule has 0 N–H and O–H groups in total. The summed E-state index contributed by atoms with van der Waals surface area (Å²) in [5.41, 5.74) is -0.276. The van der Waals surface area contributed by atoms with Gasteiger partial charge in [0.25, 0.3) is 0 Å². The summed E-state index contributed by atoms with van der Waals surface area (Å²) in [4.78, 5) is 10.4. The highest BCUT2D eigenvalue weighted by Crippen LogP contribution is 2.28. The fourth-order valence-corrected chi connectivity index (χ4v) is 1.03. The summed E-state index contributed by atoms with van der Waals surface area (Å²) in [6.45, 7) is -3.21. The third-order valence-corrected chi connectivity index (χ3v) is 1.50. The summed E-state index contributed by atoms with van der Waals surface area (Å²) in [6, 6.07) is 2.22. The molecule has 0 unspecified atom stereocenters. The molecule has 0 aromatic heterocycles. The predicted molar refractivity (Wildman–Crippen MR) is 45.1 cm³/mol. The molecular weight excluding hydrogens is 251 g/mol. The maximum absolute atomic E-state index is 11.9. The first-order chi connectivity index (χ1) is 7.80. The lowest BCUT2D eigenvalue weighted by molar-refractivity contribution is -0.274. The van der Waals surface area contributed by atoms with Crippen molar-refractivity contribution in [3.05, 3.63) is 23.8 Å². The Kier molecular flexibility index (Phi) is 3.87. The molecule has 0 fully saturated rings. The van der Waals surface area contributed by atoms with E-state index in [-0.39, 0.29) is 11.8 Å². The molecule has 1 aromatic carbocycles. The van der Waals surface area contributed by atoms with Gasteiger partial charge in [-0.2, -0.15) is 8.78 Å². The maximum atomic E-state index is 11.9. The second-order valence-electron chi connectivity index (χ2n) is 2.78. The number of rotatable bonds is 4. The SMILES string of the molecule is O=Cc1cc(OC(F)F)cc(OC(F)(F)F)c1. The summed E-state index contributed by atoms with van der Waals surface area (Å²) >= 11 is 0. The van der Waals surface area contributed by atoms with Crippen molar-refractivity contribution in [1.29, 1.82) is 0 Å². The summed E-state index contributed by atoms with van der Waals surface area (Å²) in [6.07, 6.45) is -4.80. The Morgan fingerprint density at radius 2 is 1.71 bits per heavy atom. The smallest absolute Gasteiger partial charge is 0.435 e. The Labute approximate surface area is 91.7 Å². The maximum Gasteiger partial charge on any atom is 0.573 e. The van der Waals surface area contributed by atoms with Gasteiger partial charge in [-0.1, -0.05) is 0 Å². The number of halogens is 5. The van der Waals surface area contributed by atoms with Crippen molar-refractivity contribution >= 4 is 6.29 Å². The van der Waals surface area contributed by atoms with Crippen molar-refractivity contribution in [3.63, 3.8) is 0 Å². The topological polar surface area (TPSA) is 35.5 Å². The van der Waals surface area contributed by atoms with E-state index >= 15 is 0 Å². The molecule has 3 nitrogen and oxygen atoms in total. The zero-order chi connectivity index (χ0) is 13.1. The number of benzene rings is 1. The van der Waals surface area contributed by atoms with Crippen LogP contribution in [-0.4, -0.2) is 19.3 Å². The molecule has 0 saturated carbocycles. The van der Waals surface area contributed by atoms with Gasteiger partial charge < -0.3 is 9.47 Å². The lowest BCUT2D eigenvalue weighted by Gasteiger charge is -2.11. The van der Waals surface area contributed by atoms with Gasteiger partial charge in [0.15, 0.2) is 0 Å². The third-order valence-electron chi connectivity index (χ3n) is 1.50. The molecule has 0 atom stereocenters. The summed E-state index contributed by atoms with van der Waals surface area (Å²) in [7, 11) is 0. The fraction of sp³-hybridized carbons (Fsp3) is 0.222. The first-order valence-electron chi connectivity index (χ1n) is 4.11. The van der Waals surface area contributed by atoms with Gasteiger partial charge in [0, 0.05) is 11.6 Å². The van der Waals surface area contributed by atoms with Gasteiger partial charge in [0.1, 0.15) is 17.8 Å². The summed E-state index contributed by atoms with van der Waals surface area (Å²) < 4.78 is 66.7. The lowest BCUT2D eigenvalue weighted by Crippen LogP contribution is -2.17. The van der Waals surface area contributed by atoms with Gasteiger partial charge in [-0.15, -0.1) is 13.2 Å². The Bertz CT molecular complexity index is 402. The highest BCUT2D eigenvalue weighted by atomic mass is 19.4. The third kappa shape index (κ3) is 4.66. The molecular formula is C9H5F5O3. The van der Waals surface area contributed by atoms with Crippen molar-refractivity contribution in [3.8, 4) is 11.5 Å². The zero-order valence-electron chi connectivity index (χ0n) is 8.00. The second-order valence-corrected chi connectivity index (χ2v) is 2.78. The van der Waals surface area contributed by atoms with Crippen LogP contribution in [0.1, 0.15) is 10.4 Å². The molecule has 0 bridgehead atoms. The second kappa shape index (κ2) is 4.98. The molecule has 0 aliphatic carbocycles. The van der Waals surface area contributed by atoms with E-state index in [9.17, 15) is 26.7 Å². The average molecular weight is 256 g/mol. The van der Waals surface area contributed by atoms with Crippen LogP contribution in [0.3, 0.4) is 0 Å². The fourth-order valence-electron chi connectivity index (χ4n) is 1.03. The average Bonchev–Trinajstić information content (AvgIpc) is 2.13. The van der Waals surface area contributed by atoms with Crippen LogP contribution in [0, 0.1) is 0 Å². The van der Waals surface area contributed by atoms with Crippen molar-refractivity contribution in [2.75, 3.05) is 0 Å². The van der Waals surface area contributed by atoms with Crippen LogP contribution in [0.25, 0.3) is 0 Å². The highest BCUT2D eigenvalue weighted by Gasteiger charge is 2.31. The van der Waals surface area contributed by atoms with Gasteiger partial charge >= 0.3 is 13.0 Å². The van der Waals surface area contributed by atoms with Crippen LogP contribution in [0.4, 0.5) is 22.0 Å². The molecule has 0 aliphatic heterocycles. The summed E-state index contributed by atoms with van der Waals surface area (Å²) in [5, 5.41) is 0. The molecule has 8 heteroatoms. The Balaban J connectivity index is 3.01. The highest BCUT2D eigenvalue weighted by molar-refractivity contribution is 5.76. The Hall–Kier alpha value is -1.86. The van der Waals surface area contributed by atoms with Crippen LogP contribution < -0.4 is 9.47 Å². The molecule has 0 radical (unpaired) electrons. The van der Waals surface area contributed by atoms with Crippen LogP contribution in [0.2, 0.25) is 0 Å². The molecule has 0 heterocycles. The molecule has 0 saturated heterocycles. The van der Waals surface area contributed by atoms with E-state index in [0.29, 0.717) is 6.07 Å². The van der Waals surface area contributed by atoms with Crippen molar-refractivity contribution in [2.24, 2.45) is 0 Å². The number of carbonyl (C=O) groups is 1. The number of alkyl halides is 5. The van der Waals surface area contributed by atoms with Gasteiger partial charge in [0.2, 0.25) is 0 Å². The monoisotopic (exact) mass is 256 g/mol. The van der Waals surface area contributed by atoms with Gasteiger partial charge in [0.05, 0.1) is 0 Å². The van der Waals surface area contributed by atoms with Gasteiger partial charge in [-0.3, -0.25) is 4.79 Å². The zero-order valence-corrected chi connectivity index (χ0v) is 8.00. The normalized spacial score (nSPS) is 11.4. The first-order valence-corrected chi connectivity index (χ1v) is 4.11. The van der Waals surface area contributed by atoms with Crippen LogP contribution in [-0.2, 0) is 0 Å². The Morgan fingerprint density at radius 1 is 1.12 bits per heavy atom. The number of carbonyl (C=O) groups excluding carboxylic acids is 1. The molecule has 17 heavy (non-hydrogen) atoms. The quantitative estimate of drug-likeness (QED) is 0.613. The van der Waals surface area contributed by atoms with Crippen molar-refractivity contribution < 1.29 is 36.2 Å². The number of hydrogen-bond acceptors (Lipinski definition) is 3. The first kappa shape index (κ1) is 13.2. The molecule has 94 valence electrons. The number of hydrogen-bond donors (Lipinski definition) is 0. The van der Waals surface area contributed by atoms with Crippen molar-refractivity contribution in [1.82, 2.24) is 0 Å². The largest absolute Gasteiger partial charge is 0.573 e.